The van der Waals surface area contributed by atoms with E-state index in [4.69, 9.17) is 9.84 Å². The number of amides is 2. The maximum atomic E-state index is 14.9. The fourth-order valence-electron chi connectivity index (χ4n) is 5.93. The second-order valence-electron chi connectivity index (χ2n) is 11.3. The van der Waals surface area contributed by atoms with Crippen molar-refractivity contribution in [2.75, 3.05) is 13.1 Å². The summed E-state index contributed by atoms with van der Waals surface area (Å²) in [6.45, 7) is 3.25. The van der Waals surface area contributed by atoms with E-state index >= 15 is 0 Å². The number of aliphatic hydroxyl groups is 1. The van der Waals surface area contributed by atoms with Crippen molar-refractivity contribution in [2.45, 2.75) is 101 Å². The zero-order valence-corrected chi connectivity index (χ0v) is 22.7. The zero-order valence-electron chi connectivity index (χ0n) is 22.7. The Balaban J connectivity index is 1.19. The topological polar surface area (TPSA) is 144 Å². The summed E-state index contributed by atoms with van der Waals surface area (Å²) in [6, 6.07) is -0.128. The lowest BCUT2D eigenvalue weighted by molar-refractivity contribution is -0.137. The smallest absolute Gasteiger partial charge is 0.323 e. The predicted molar refractivity (Wildman–Crippen MR) is 145 cm³/mol. The van der Waals surface area contributed by atoms with Crippen molar-refractivity contribution in [2.24, 2.45) is 11.8 Å². The summed E-state index contributed by atoms with van der Waals surface area (Å²) in [5, 5.41) is 34.7. The van der Waals surface area contributed by atoms with Gasteiger partial charge in [-0.1, -0.05) is 19.1 Å². The van der Waals surface area contributed by atoms with Gasteiger partial charge in [-0.25, -0.2) is 9.18 Å². The number of alkyl halides is 1. The van der Waals surface area contributed by atoms with Gasteiger partial charge in [0.25, 0.3) is 0 Å². The van der Waals surface area contributed by atoms with E-state index in [0.29, 0.717) is 37.5 Å². The molecule has 0 spiro atoms. The van der Waals surface area contributed by atoms with Crippen LogP contribution in [0.4, 0.5) is 9.18 Å². The highest BCUT2D eigenvalue weighted by Gasteiger charge is 2.36. The highest BCUT2D eigenvalue weighted by Crippen LogP contribution is 2.28. The Morgan fingerprint density at radius 3 is 2.85 bits per heavy atom. The van der Waals surface area contributed by atoms with Crippen LogP contribution in [0.5, 0.6) is 0 Å². The molecular weight excluding hydrogens is 505 g/mol. The molecule has 1 fully saturated rings. The molecule has 2 aliphatic carbocycles. The minimum absolute atomic E-state index is 0.0311. The van der Waals surface area contributed by atoms with E-state index < -0.39 is 24.4 Å². The molecule has 7 N–H and O–H groups in total. The van der Waals surface area contributed by atoms with Gasteiger partial charge in [0.05, 0.1) is 12.2 Å². The van der Waals surface area contributed by atoms with Crippen LogP contribution >= 0.6 is 0 Å². The number of rotatable bonds is 11. The Morgan fingerprint density at radius 1 is 1.23 bits per heavy atom. The number of halogens is 1. The SMILES string of the molecule is C[C@H]1C=C(NC(=O)NC2=CC[C@@H](O[C@@H]3C=CN[C@H]([C@H]4C[C@@H]([C@@H](O)NCCCC(=O)O)CN4)C3)C[C@H]2F)CCC1. The summed E-state index contributed by atoms with van der Waals surface area (Å²) in [6.07, 6.45) is 11.0. The molecular formula is C28H44FN5O5. The van der Waals surface area contributed by atoms with Crippen LogP contribution in [0.2, 0.25) is 0 Å². The standard InChI is InChI=1S/C28H44FN5O5/c1-17-4-2-5-19(12-17)33-28(38)34-23-8-7-20(14-22(23)29)39-21-9-11-30-25(15-21)24-13-18(16-32-24)27(37)31-10-3-6-26(35)36/h8-9,11-12,17-18,20-22,24-25,27,30-32,37H,2-7,10,13-16H2,1H3,(H,35,36)(H2,33,34,38)/t17-,18-,20-,21-,22-,24-,25+,27-/m1/s1. The molecule has 218 valence electrons. The van der Waals surface area contributed by atoms with Crippen LogP contribution < -0.4 is 26.6 Å². The molecule has 2 heterocycles. The van der Waals surface area contributed by atoms with E-state index in [1.165, 1.54) is 0 Å². The molecule has 4 aliphatic rings. The lowest BCUT2D eigenvalue weighted by Crippen LogP contribution is -2.47. The highest BCUT2D eigenvalue weighted by atomic mass is 19.1. The lowest BCUT2D eigenvalue weighted by atomic mass is 9.93. The van der Waals surface area contributed by atoms with E-state index in [-0.39, 0.29) is 43.1 Å². The van der Waals surface area contributed by atoms with Crippen LogP contribution in [0.25, 0.3) is 0 Å². The minimum atomic E-state index is -1.29. The number of allylic oxidation sites excluding steroid dienone is 3. The van der Waals surface area contributed by atoms with Gasteiger partial charge in [0.2, 0.25) is 0 Å². The normalized spacial score (nSPS) is 33.5. The van der Waals surface area contributed by atoms with Crippen molar-refractivity contribution in [3.05, 3.63) is 35.8 Å². The van der Waals surface area contributed by atoms with E-state index in [2.05, 4.69) is 39.6 Å². The fourth-order valence-corrected chi connectivity index (χ4v) is 5.93. The third-order valence-electron chi connectivity index (χ3n) is 8.06. The Hall–Kier alpha value is -2.47. The van der Waals surface area contributed by atoms with Gasteiger partial charge < -0.3 is 36.2 Å². The highest BCUT2D eigenvalue weighted by molar-refractivity contribution is 5.77. The molecule has 2 amide bonds. The van der Waals surface area contributed by atoms with Gasteiger partial charge in [-0.2, -0.15) is 0 Å². The van der Waals surface area contributed by atoms with Crippen molar-refractivity contribution in [3.8, 4) is 0 Å². The molecule has 0 bridgehead atoms. The molecule has 0 radical (unpaired) electrons. The van der Waals surface area contributed by atoms with Gasteiger partial charge in [-0.3, -0.25) is 10.1 Å². The van der Waals surface area contributed by atoms with Crippen molar-refractivity contribution >= 4 is 12.0 Å². The van der Waals surface area contributed by atoms with Crippen LogP contribution in [0.3, 0.4) is 0 Å². The van der Waals surface area contributed by atoms with Gasteiger partial charge in [-0.05, 0) is 69.7 Å². The van der Waals surface area contributed by atoms with Crippen molar-refractivity contribution in [1.29, 1.82) is 0 Å². The molecule has 39 heavy (non-hydrogen) atoms. The van der Waals surface area contributed by atoms with Gasteiger partial charge in [0, 0.05) is 48.8 Å². The van der Waals surface area contributed by atoms with Crippen LogP contribution in [0.15, 0.2) is 35.8 Å². The summed E-state index contributed by atoms with van der Waals surface area (Å²) in [4.78, 5) is 23.0. The second kappa shape index (κ2) is 14.2. The number of hydrogen-bond donors (Lipinski definition) is 7. The van der Waals surface area contributed by atoms with E-state index in [1.54, 1.807) is 6.08 Å². The molecule has 2 aliphatic heterocycles. The number of urea groups is 1. The van der Waals surface area contributed by atoms with E-state index in [1.807, 2.05) is 12.3 Å². The molecule has 0 aromatic heterocycles. The summed E-state index contributed by atoms with van der Waals surface area (Å²) in [7, 11) is 0. The summed E-state index contributed by atoms with van der Waals surface area (Å²) in [5.41, 5.74) is 1.20. The Bertz CT molecular complexity index is 943. The number of aliphatic carboxylic acids is 1. The monoisotopic (exact) mass is 549 g/mol. The Labute approximate surface area is 229 Å². The van der Waals surface area contributed by atoms with Crippen molar-refractivity contribution in [3.63, 3.8) is 0 Å². The van der Waals surface area contributed by atoms with Gasteiger partial charge >= 0.3 is 12.0 Å². The van der Waals surface area contributed by atoms with Crippen molar-refractivity contribution in [1.82, 2.24) is 26.6 Å². The maximum absolute atomic E-state index is 14.9. The number of carboxylic acid groups (broad SMARTS) is 1. The number of hydrogen-bond acceptors (Lipinski definition) is 7. The molecule has 0 aromatic carbocycles. The molecule has 0 saturated carbocycles. The number of nitrogens with one attached hydrogen (secondary N) is 5. The molecule has 8 atom stereocenters. The molecule has 4 rings (SSSR count). The van der Waals surface area contributed by atoms with Gasteiger partial charge in [-0.15, -0.1) is 0 Å². The first kappa shape index (κ1) is 29.5. The fraction of sp³-hybridized carbons (Fsp3) is 0.714. The minimum Gasteiger partial charge on any atom is -0.481 e. The van der Waals surface area contributed by atoms with Crippen LogP contribution in [-0.2, 0) is 9.53 Å². The summed E-state index contributed by atoms with van der Waals surface area (Å²) < 4.78 is 21.2. The molecule has 0 unspecified atom stereocenters. The Morgan fingerprint density at radius 2 is 2.08 bits per heavy atom. The molecule has 10 nitrogen and oxygen atoms in total. The number of carbonyl (C=O) groups is 2. The van der Waals surface area contributed by atoms with Crippen molar-refractivity contribution < 1.29 is 28.9 Å². The van der Waals surface area contributed by atoms with Crippen LogP contribution in [0.1, 0.15) is 64.7 Å². The second-order valence-corrected chi connectivity index (χ2v) is 11.3. The first-order chi connectivity index (χ1) is 18.8. The molecule has 11 heteroatoms. The van der Waals surface area contributed by atoms with E-state index in [0.717, 1.165) is 37.8 Å². The predicted octanol–water partition coefficient (Wildman–Crippen LogP) is 2.39. The largest absolute Gasteiger partial charge is 0.481 e. The van der Waals surface area contributed by atoms with Crippen LogP contribution in [-0.4, -0.2) is 72.0 Å². The molecule has 0 aromatic rings. The Kier molecular flexibility index (Phi) is 10.8. The number of aliphatic hydroxyl groups excluding tert-OH is 1. The van der Waals surface area contributed by atoms with Gasteiger partial charge in [0.1, 0.15) is 12.4 Å². The third kappa shape index (κ3) is 9.02. The summed E-state index contributed by atoms with van der Waals surface area (Å²) in [5.74, 6) is -0.367. The lowest BCUT2D eigenvalue weighted by Gasteiger charge is -2.34. The van der Waals surface area contributed by atoms with E-state index in [9.17, 15) is 19.1 Å². The average molecular weight is 550 g/mol. The van der Waals surface area contributed by atoms with Gasteiger partial charge in [0.15, 0.2) is 0 Å². The quantitative estimate of drug-likeness (QED) is 0.154. The van der Waals surface area contributed by atoms with Crippen LogP contribution in [0, 0.1) is 11.8 Å². The number of carboxylic acids is 1. The molecule has 1 saturated heterocycles. The zero-order chi connectivity index (χ0) is 27.8. The summed E-state index contributed by atoms with van der Waals surface area (Å²) >= 11 is 0. The first-order valence-corrected chi connectivity index (χ1v) is 14.3. The number of carbonyl (C=O) groups excluding carboxylic acids is 1. The first-order valence-electron chi connectivity index (χ1n) is 14.3. The third-order valence-corrected chi connectivity index (χ3v) is 8.06. The number of ether oxygens (including phenoxy) is 1. The average Bonchev–Trinajstić information content (AvgIpc) is 3.39. The maximum Gasteiger partial charge on any atom is 0.323 e.